The van der Waals surface area contributed by atoms with Crippen LogP contribution in [-0.2, 0) is 12.8 Å². The molecule has 0 aliphatic heterocycles. The standard InChI is InChI=1S/C12H19NO/c13-8-2-1-4-11-5-3-6-12(10-11)7-9-14/h3,5-6,10,14H,1-2,4,7-9,13H2. The Hall–Kier alpha value is -0.860. The maximum absolute atomic E-state index is 8.81. The van der Waals surface area contributed by atoms with Gasteiger partial charge < -0.3 is 10.8 Å². The average molecular weight is 193 g/mol. The molecule has 0 amide bonds. The Kier molecular flexibility index (Phi) is 5.27. The van der Waals surface area contributed by atoms with E-state index in [9.17, 15) is 0 Å². The highest BCUT2D eigenvalue weighted by Crippen LogP contribution is 2.08. The van der Waals surface area contributed by atoms with E-state index in [0.717, 1.165) is 32.2 Å². The van der Waals surface area contributed by atoms with Crippen LogP contribution in [0.4, 0.5) is 0 Å². The van der Waals surface area contributed by atoms with Crippen molar-refractivity contribution in [2.45, 2.75) is 25.7 Å². The minimum Gasteiger partial charge on any atom is -0.396 e. The van der Waals surface area contributed by atoms with Crippen molar-refractivity contribution in [3.63, 3.8) is 0 Å². The summed E-state index contributed by atoms with van der Waals surface area (Å²) in [6.07, 6.45) is 4.09. The lowest BCUT2D eigenvalue weighted by atomic mass is 10.0. The Morgan fingerprint density at radius 1 is 1.07 bits per heavy atom. The van der Waals surface area contributed by atoms with Gasteiger partial charge >= 0.3 is 0 Å². The molecule has 2 heteroatoms. The van der Waals surface area contributed by atoms with Crippen LogP contribution in [0.5, 0.6) is 0 Å². The summed E-state index contributed by atoms with van der Waals surface area (Å²) in [5.41, 5.74) is 8.01. The zero-order valence-corrected chi connectivity index (χ0v) is 8.58. The van der Waals surface area contributed by atoms with Gasteiger partial charge in [-0.1, -0.05) is 24.3 Å². The van der Waals surface area contributed by atoms with Crippen LogP contribution in [0.15, 0.2) is 24.3 Å². The molecule has 2 nitrogen and oxygen atoms in total. The smallest absolute Gasteiger partial charge is 0.0471 e. The molecule has 1 aromatic carbocycles. The number of aliphatic hydroxyl groups excluding tert-OH is 1. The summed E-state index contributed by atoms with van der Waals surface area (Å²) in [5, 5.41) is 8.81. The van der Waals surface area contributed by atoms with Crippen molar-refractivity contribution in [1.29, 1.82) is 0 Å². The molecule has 0 heterocycles. The zero-order chi connectivity index (χ0) is 10.2. The zero-order valence-electron chi connectivity index (χ0n) is 8.58. The van der Waals surface area contributed by atoms with Gasteiger partial charge in [0.1, 0.15) is 0 Å². The molecule has 0 spiro atoms. The number of benzene rings is 1. The summed E-state index contributed by atoms with van der Waals surface area (Å²) < 4.78 is 0. The highest BCUT2D eigenvalue weighted by molar-refractivity contribution is 5.23. The molecule has 1 aromatic rings. The molecule has 78 valence electrons. The van der Waals surface area contributed by atoms with Crippen LogP contribution in [0.3, 0.4) is 0 Å². The van der Waals surface area contributed by atoms with E-state index < -0.39 is 0 Å². The maximum Gasteiger partial charge on any atom is 0.0471 e. The fourth-order valence-electron chi connectivity index (χ4n) is 1.54. The van der Waals surface area contributed by atoms with Crippen molar-refractivity contribution >= 4 is 0 Å². The normalized spacial score (nSPS) is 10.4. The first-order chi connectivity index (χ1) is 6.86. The molecular formula is C12H19NO. The lowest BCUT2D eigenvalue weighted by Crippen LogP contribution is -1.99. The van der Waals surface area contributed by atoms with Gasteiger partial charge in [-0.15, -0.1) is 0 Å². The van der Waals surface area contributed by atoms with Gasteiger partial charge in [0.2, 0.25) is 0 Å². The molecule has 0 radical (unpaired) electrons. The topological polar surface area (TPSA) is 46.2 Å². The van der Waals surface area contributed by atoms with Crippen LogP contribution >= 0.6 is 0 Å². The lowest BCUT2D eigenvalue weighted by Gasteiger charge is -2.03. The first-order valence-corrected chi connectivity index (χ1v) is 5.25. The quantitative estimate of drug-likeness (QED) is 0.673. The summed E-state index contributed by atoms with van der Waals surface area (Å²) in [7, 11) is 0. The van der Waals surface area contributed by atoms with Crippen molar-refractivity contribution in [2.75, 3.05) is 13.2 Å². The van der Waals surface area contributed by atoms with Gasteiger partial charge in [-0.2, -0.15) is 0 Å². The molecule has 0 saturated carbocycles. The number of aliphatic hydroxyl groups is 1. The summed E-state index contributed by atoms with van der Waals surface area (Å²) in [6.45, 7) is 1.00. The Bertz CT molecular complexity index is 260. The number of nitrogens with two attached hydrogens (primary N) is 1. The monoisotopic (exact) mass is 193 g/mol. The van der Waals surface area contributed by atoms with Gasteiger partial charge in [0.25, 0.3) is 0 Å². The highest BCUT2D eigenvalue weighted by Gasteiger charge is 1.95. The second kappa shape index (κ2) is 6.57. The van der Waals surface area contributed by atoms with Gasteiger partial charge in [-0.05, 0) is 43.4 Å². The van der Waals surface area contributed by atoms with E-state index in [0.29, 0.717) is 0 Å². The van der Waals surface area contributed by atoms with Crippen LogP contribution in [0, 0.1) is 0 Å². The molecule has 0 saturated heterocycles. The fourth-order valence-corrected chi connectivity index (χ4v) is 1.54. The molecule has 0 unspecified atom stereocenters. The van der Waals surface area contributed by atoms with E-state index in [1.54, 1.807) is 0 Å². The molecule has 0 atom stereocenters. The van der Waals surface area contributed by atoms with Gasteiger partial charge in [-0.25, -0.2) is 0 Å². The molecule has 0 aliphatic carbocycles. The first-order valence-electron chi connectivity index (χ1n) is 5.25. The van der Waals surface area contributed by atoms with E-state index in [-0.39, 0.29) is 6.61 Å². The third kappa shape index (κ3) is 3.90. The lowest BCUT2D eigenvalue weighted by molar-refractivity contribution is 0.299. The number of rotatable bonds is 6. The number of hydrogen-bond donors (Lipinski definition) is 2. The third-order valence-corrected chi connectivity index (χ3v) is 2.31. The Morgan fingerprint density at radius 3 is 2.43 bits per heavy atom. The van der Waals surface area contributed by atoms with Crippen LogP contribution in [0.25, 0.3) is 0 Å². The Balaban J connectivity index is 2.46. The van der Waals surface area contributed by atoms with E-state index in [1.807, 2.05) is 0 Å². The summed E-state index contributed by atoms with van der Waals surface area (Å²) >= 11 is 0. The third-order valence-electron chi connectivity index (χ3n) is 2.31. The molecule has 0 bridgehead atoms. The summed E-state index contributed by atoms with van der Waals surface area (Å²) in [5.74, 6) is 0. The SMILES string of the molecule is NCCCCc1cccc(CCO)c1. The predicted octanol–water partition coefficient (Wildman–Crippen LogP) is 1.50. The van der Waals surface area contributed by atoms with E-state index in [2.05, 4.69) is 24.3 Å². The maximum atomic E-state index is 8.81. The van der Waals surface area contributed by atoms with Gasteiger partial charge in [0, 0.05) is 6.61 Å². The molecular weight excluding hydrogens is 174 g/mol. The minimum atomic E-state index is 0.228. The molecule has 1 rings (SSSR count). The van der Waals surface area contributed by atoms with Gasteiger partial charge in [0.05, 0.1) is 0 Å². The number of aryl methyl sites for hydroxylation is 1. The second-order valence-electron chi connectivity index (χ2n) is 3.54. The predicted molar refractivity (Wildman–Crippen MR) is 59.2 cm³/mol. The van der Waals surface area contributed by atoms with E-state index in [4.69, 9.17) is 10.8 Å². The molecule has 0 fully saturated rings. The average Bonchev–Trinajstić information content (AvgIpc) is 2.19. The largest absolute Gasteiger partial charge is 0.396 e. The first kappa shape index (κ1) is 11.2. The van der Waals surface area contributed by atoms with Crippen molar-refractivity contribution in [3.05, 3.63) is 35.4 Å². The van der Waals surface area contributed by atoms with Crippen LogP contribution in [0.1, 0.15) is 24.0 Å². The number of unbranched alkanes of at least 4 members (excludes halogenated alkanes) is 1. The Labute approximate surface area is 85.8 Å². The van der Waals surface area contributed by atoms with Crippen molar-refractivity contribution < 1.29 is 5.11 Å². The van der Waals surface area contributed by atoms with Crippen LogP contribution in [-0.4, -0.2) is 18.3 Å². The minimum absolute atomic E-state index is 0.228. The number of hydrogen-bond acceptors (Lipinski definition) is 2. The molecule has 14 heavy (non-hydrogen) atoms. The fraction of sp³-hybridized carbons (Fsp3) is 0.500. The second-order valence-corrected chi connectivity index (χ2v) is 3.54. The van der Waals surface area contributed by atoms with E-state index in [1.165, 1.54) is 11.1 Å². The van der Waals surface area contributed by atoms with Gasteiger partial charge in [-0.3, -0.25) is 0 Å². The summed E-state index contributed by atoms with van der Waals surface area (Å²) in [6, 6.07) is 8.43. The summed E-state index contributed by atoms with van der Waals surface area (Å²) in [4.78, 5) is 0. The van der Waals surface area contributed by atoms with Crippen molar-refractivity contribution in [3.8, 4) is 0 Å². The highest BCUT2D eigenvalue weighted by atomic mass is 16.2. The molecule has 3 N–H and O–H groups in total. The van der Waals surface area contributed by atoms with Crippen LogP contribution in [0.2, 0.25) is 0 Å². The molecule has 0 aromatic heterocycles. The van der Waals surface area contributed by atoms with Crippen molar-refractivity contribution in [2.24, 2.45) is 5.73 Å². The van der Waals surface area contributed by atoms with Crippen LogP contribution < -0.4 is 5.73 Å². The molecule has 0 aliphatic rings. The Morgan fingerprint density at radius 2 is 1.79 bits per heavy atom. The van der Waals surface area contributed by atoms with Gasteiger partial charge in [0.15, 0.2) is 0 Å². The van der Waals surface area contributed by atoms with E-state index >= 15 is 0 Å². The van der Waals surface area contributed by atoms with Crippen molar-refractivity contribution in [1.82, 2.24) is 0 Å².